The molecule has 2 atom stereocenters. The molecule has 0 saturated carbocycles. The molecular formula is C31H36N2O4S. The van der Waals surface area contributed by atoms with Crippen LogP contribution in [0.3, 0.4) is 0 Å². The van der Waals surface area contributed by atoms with E-state index in [0.717, 1.165) is 53.6 Å². The molecule has 0 aliphatic heterocycles. The lowest BCUT2D eigenvalue weighted by Crippen LogP contribution is -2.13. The van der Waals surface area contributed by atoms with E-state index >= 15 is 0 Å². The Hall–Kier alpha value is -3.32. The van der Waals surface area contributed by atoms with Crippen molar-refractivity contribution < 1.29 is 14.2 Å². The fourth-order valence-electron chi connectivity index (χ4n) is 4.98. The van der Waals surface area contributed by atoms with Crippen LogP contribution < -0.4 is 19.8 Å². The predicted octanol–water partition coefficient (Wildman–Crippen LogP) is 7.15. The molecule has 0 spiro atoms. The summed E-state index contributed by atoms with van der Waals surface area (Å²) in [5.74, 6) is 3.88. The summed E-state index contributed by atoms with van der Waals surface area (Å²) in [5.41, 5.74) is 3.25. The Kier molecular flexibility index (Phi) is 8.03. The molecule has 200 valence electrons. The third-order valence-corrected chi connectivity index (χ3v) is 8.63. The van der Waals surface area contributed by atoms with Gasteiger partial charge in [-0.2, -0.15) is 0 Å². The first-order valence-corrected chi connectivity index (χ1v) is 14.4. The van der Waals surface area contributed by atoms with E-state index in [-0.39, 0.29) is 5.56 Å². The zero-order valence-corrected chi connectivity index (χ0v) is 23.5. The van der Waals surface area contributed by atoms with Crippen LogP contribution in [0.25, 0.3) is 21.6 Å². The van der Waals surface area contributed by atoms with Gasteiger partial charge in [0.2, 0.25) is 0 Å². The standard InChI is InChI=1S/C31H36N2O4S/c1-5-20(3)21-8-11-23(12-9-21)36-15-6-16-37-25-14-10-22(18-26(25)35-4)29-32-30(34)28-24-13-7-19(2)17-27(24)38-31(28)33-29/h8-12,14,18-20H,5-7,13,15-17H2,1-4H3,(H,32,33,34)/t19-,20+/m0/s1. The van der Waals surface area contributed by atoms with Crippen LogP contribution in [-0.4, -0.2) is 30.3 Å². The third kappa shape index (κ3) is 5.58. The van der Waals surface area contributed by atoms with Crippen molar-refractivity contribution in [2.75, 3.05) is 20.3 Å². The van der Waals surface area contributed by atoms with Crippen molar-refractivity contribution in [3.05, 3.63) is 68.8 Å². The molecule has 2 aromatic heterocycles. The lowest BCUT2D eigenvalue weighted by atomic mass is 9.89. The summed E-state index contributed by atoms with van der Waals surface area (Å²) >= 11 is 1.66. The normalized spacial score (nSPS) is 15.7. The minimum absolute atomic E-state index is 0.0640. The number of thiophene rings is 1. The van der Waals surface area contributed by atoms with E-state index in [0.29, 0.717) is 42.4 Å². The number of hydrogen-bond donors (Lipinski definition) is 1. The highest BCUT2D eigenvalue weighted by Crippen LogP contribution is 2.37. The van der Waals surface area contributed by atoms with Gasteiger partial charge in [-0.15, -0.1) is 11.3 Å². The van der Waals surface area contributed by atoms with E-state index in [9.17, 15) is 4.79 Å². The summed E-state index contributed by atoms with van der Waals surface area (Å²) in [5, 5.41) is 0.765. The van der Waals surface area contributed by atoms with Crippen molar-refractivity contribution in [3.63, 3.8) is 0 Å². The number of H-pyrrole nitrogens is 1. The number of aryl methyl sites for hydroxylation is 1. The van der Waals surface area contributed by atoms with Gasteiger partial charge in [0.15, 0.2) is 11.5 Å². The van der Waals surface area contributed by atoms with E-state index in [1.807, 2.05) is 30.3 Å². The predicted molar refractivity (Wildman–Crippen MR) is 154 cm³/mol. The Labute approximate surface area is 228 Å². The number of aromatic amines is 1. The van der Waals surface area contributed by atoms with Crippen molar-refractivity contribution in [2.24, 2.45) is 5.92 Å². The van der Waals surface area contributed by atoms with Crippen molar-refractivity contribution >= 4 is 21.6 Å². The second-order valence-electron chi connectivity index (χ2n) is 10.2. The van der Waals surface area contributed by atoms with Gasteiger partial charge < -0.3 is 19.2 Å². The number of hydrogen-bond acceptors (Lipinski definition) is 6. The highest BCUT2D eigenvalue weighted by molar-refractivity contribution is 7.18. The van der Waals surface area contributed by atoms with E-state index in [2.05, 4.69) is 37.9 Å². The van der Waals surface area contributed by atoms with Crippen molar-refractivity contribution in [1.82, 2.24) is 9.97 Å². The maximum absolute atomic E-state index is 13.0. The van der Waals surface area contributed by atoms with Gasteiger partial charge in [0, 0.05) is 16.9 Å². The summed E-state index contributed by atoms with van der Waals surface area (Å²) < 4.78 is 17.5. The van der Waals surface area contributed by atoms with Gasteiger partial charge in [0.05, 0.1) is 25.7 Å². The molecule has 0 fully saturated rings. The quantitative estimate of drug-likeness (QED) is 0.220. The van der Waals surface area contributed by atoms with Gasteiger partial charge in [0.1, 0.15) is 16.4 Å². The Bertz CT molecular complexity index is 1460. The molecular weight excluding hydrogens is 496 g/mol. The van der Waals surface area contributed by atoms with Crippen molar-refractivity contribution in [2.45, 2.75) is 58.8 Å². The highest BCUT2D eigenvalue weighted by atomic mass is 32.1. The van der Waals surface area contributed by atoms with Gasteiger partial charge in [-0.05, 0) is 79.0 Å². The van der Waals surface area contributed by atoms with Gasteiger partial charge >= 0.3 is 0 Å². The summed E-state index contributed by atoms with van der Waals surface area (Å²) in [6, 6.07) is 14.0. The molecule has 4 aromatic rings. The Morgan fingerprint density at radius 1 is 1.11 bits per heavy atom. The summed E-state index contributed by atoms with van der Waals surface area (Å²) in [6.45, 7) is 7.77. The fourth-order valence-corrected chi connectivity index (χ4v) is 6.36. The molecule has 7 heteroatoms. The van der Waals surface area contributed by atoms with E-state index < -0.39 is 0 Å². The van der Waals surface area contributed by atoms with Crippen LogP contribution in [0.5, 0.6) is 17.2 Å². The van der Waals surface area contributed by atoms with E-state index in [1.165, 1.54) is 16.0 Å². The third-order valence-electron chi connectivity index (χ3n) is 7.48. The lowest BCUT2D eigenvalue weighted by molar-refractivity contribution is 0.240. The first kappa shape index (κ1) is 26.3. The minimum Gasteiger partial charge on any atom is -0.493 e. The molecule has 2 aromatic carbocycles. The molecule has 2 heterocycles. The number of fused-ring (bicyclic) bond motifs is 3. The average molecular weight is 533 g/mol. The molecule has 0 radical (unpaired) electrons. The van der Waals surface area contributed by atoms with Crippen LogP contribution in [0.2, 0.25) is 0 Å². The maximum Gasteiger partial charge on any atom is 0.260 e. The van der Waals surface area contributed by atoms with E-state index in [4.69, 9.17) is 19.2 Å². The molecule has 0 bridgehead atoms. The zero-order valence-electron chi connectivity index (χ0n) is 22.6. The van der Waals surface area contributed by atoms with Crippen LogP contribution in [0.1, 0.15) is 62.0 Å². The molecule has 1 aliphatic carbocycles. The molecule has 1 N–H and O–H groups in total. The Morgan fingerprint density at radius 2 is 1.89 bits per heavy atom. The lowest BCUT2D eigenvalue weighted by Gasteiger charge is -2.17. The zero-order chi connectivity index (χ0) is 26.6. The first-order valence-electron chi connectivity index (χ1n) is 13.5. The molecule has 0 amide bonds. The summed E-state index contributed by atoms with van der Waals surface area (Å²) in [4.78, 5) is 23.0. The molecule has 0 saturated heterocycles. The van der Waals surface area contributed by atoms with Crippen molar-refractivity contribution in [3.8, 4) is 28.6 Å². The van der Waals surface area contributed by atoms with Gasteiger partial charge in [-0.25, -0.2) is 4.98 Å². The number of methoxy groups -OCH3 is 1. The molecule has 38 heavy (non-hydrogen) atoms. The van der Waals surface area contributed by atoms with Gasteiger partial charge in [0.25, 0.3) is 5.56 Å². The van der Waals surface area contributed by atoms with Crippen molar-refractivity contribution in [1.29, 1.82) is 0 Å². The summed E-state index contributed by atoms with van der Waals surface area (Å²) in [7, 11) is 1.62. The number of aromatic nitrogens is 2. The van der Waals surface area contributed by atoms with Gasteiger partial charge in [-0.3, -0.25) is 4.79 Å². The van der Waals surface area contributed by atoms with Crippen LogP contribution in [0.4, 0.5) is 0 Å². The van der Waals surface area contributed by atoms with E-state index in [1.54, 1.807) is 18.4 Å². The van der Waals surface area contributed by atoms with Gasteiger partial charge in [-0.1, -0.05) is 32.9 Å². The Morgan fingerprint density at radius 3 is 2.66 bits per heavy atom. The molecule has 1 aliphatic rings. The van der Waals surface area contributed by atoms with Crippen LogP contribution in [-0.2, 0) is 12.8 Å². The smallest absolute Gasteiger partial charge is 0.260 e. The molecule has 6 nitrogen and oxygen atoms in total. The monoisotopic (exact) mass is 532 g/mol. The largest absolute Gasteiger partial charge is 0.493 e. The Balaban J connectivity index is 1.22. The first-order chi connectivity index (χ1) is 18.5. The topological polar surface area (TPSA) is 73.4 Å². The number of nitrogens with one attached hydrogen (secondary N) is 1. The number of benzene rings is 2. The second-order valence-corrected chi connectivity index (χ2v) is 11.3. The highest BCUT2D eigenvalue weighted by Gasteiger charge is 2.23. The average Bonchev–Trinajstić information content (AvgIpc) is 3.30. The number of nitrogens with zero attached hydrogens (tertiary/aromatic N) is 1. The fraction of sp³-hybridized carbons (Fsp3) is 0.419. The SMILES string of the molecule is CC[C@@H](C)c1ccc(OCCCOc2ccc(-c3nc4sc5c(c4c(=O)[nH]3)CC[C@H](C)C5)cc2OC)cc1. The van der Waals surface area contributed by atoms with Crippen LogP contribution in [0.15, 0.2) is 47.3 Å². The second kappa shape index (κ2) is 11.6. The minimum atomic E-state index is -0.0640. The molecule has 5 rings (SSSR count). The van der Waals surface area contributed by atoms with Crippen LogP contribution in [0, 0.1) is 5.92 Å². The number of rotatable bonds is 10. The van der Waals surface area contributed by atoms with Crippen LogP contribution >= 0.6 is 11.3 Å². The molecule has 0 unspecified atom stereocenters. The maximum atomic E-state index is 13.0. The number of ether oxygens (including phenoxy) is 3. The summed E-state index contributed by atoms with van der Waals surface area (Å²) in [6.07, 6.45) is 4.97.